The van der Waals surface area contributed by atoms with E-state index >= 15 is 0 Å². The van der Waals surface area contributed by atoms with Crippen molar-refractivity contribution in [1.29, 1.82) is 0 Å². The van der Waals surface area contributed by atoms with Crippen LogP contribution in [0.4, 0.5) is 4.39 Å². The van der Waals surface area contributed by atoms with Gasteiger partial charge in [0.05, 0.1) is 11.7 Å². The fourth-order valence-corrected chi connectivity index (χ4v) is 3.54. The minimum absolute atomic E-state index is 0.0451. The molecule has 0 fully saturated rings. The van der Waals surface area contributed by atoms with E-state index in [0.717, 1.165) is 22.4 Å². The number of aryl methyl sites for hydroxylation is 1. The van der Waals surface area contributed by atoms with E-state index in [9.17, 15) is 9.18 Å². The summed E-state index contributed by atoms with van der Waals surface area (Å²) in [5.41, 5.74) is 10.5. The summed E-state index contributed by atoms with van der Waals surface area (Å²) in [5, 5.41) is 4.20. The molecule has 0 saturated heterocycles. The Morgan fingerprint density at radius 2 is 1.96 bits per heavy atom. The van der Waals surface area contributed by atoms with Gasteiger partial charge in [-0.25, -0.2) is 4.39 Å². The summed E-state index contributed by atoms with van der Waals surface area (Å²) in [6.45, 7) is 0.763. The lowest BCUT2D eigenvalue weighted by atomic mass is 10.0. The lowest BCUT2D eigenvalue weighted by Gasteiger charge is -2.27. The molecule has 2 aromatic carbocycles. The smallest absolute Gasteiger partial charge is 0.255 e. The molecule has 0 radical (unpaired) electrons. The summed E-state index contributed by atoms with van der Waals surface area (Å²) in [5.74, 6) is -0.349. The number of nitrogens with two attached hydrogens (primary N) is 1. The number of carbonyl (C=O) groups excluding carboxylic acids is 1. The predicted molar refractivity (Wildman–Crippen MR) is 96.7 cm³/mol. The molecule has 1 aromatic heterocycles. The molecule has 26 heavy (non-hydrogen) atoms. The summed E-state index contributed by atoms with van der Waals surface area (Å²) in [6.07, 6.45) is 1.75. The van der Waals surface area contributed by atoms with Gasteiger partial charge in [0.25, 0.3) is 5.91 Å². The van der Waals surface area contributed by atoms with Crippen molar-refractivity contribution in [2.75, 3.05) is 6.54 Å². The molecule has 5 nitrogen and oxygen atoms in total. The van der Waals surface area contributed by atoms with Crippen LogP contribution < -0.4 is 5.73 Å². The lowest BCUT2D eigenvalue weighted by molar-refractivity contribution is 0.0707. The minimum atomic E-state index is -0.304. The molecule has 2 N–H and O–H groups in total. The van der Waals surface area contributed by atoms with Gasteiger partial charge in [0.15, 0.2) is 0 Å². The zero-order valence-corrected chi connectivity index (χ0v) is 14.4. The van der Waals surface area contributed by atoms with Crippen LogP contribution in [0.25, 0.3) is 11.3 Å². The van der Waals surface area contributed by atoms with Crippen molar-refractivity contribution in [3.05, 3.63) is 77.2 Å². The summed E-state index contributed by atoms with van der Waals surface area (Å²) in [6, 6.07) is 13.6. The summed E-state index contributed by atoms with van der Waals surface area (Å²) < 4.78 is 15.0. The van der Waals surface area contributed by atoms with Crippen LogP contribution in [0.1, 0.15) is 27.5 Å². The van der Waals surface area contributed by atoms with Crippen LogP contribution in [0, 0.1) is 5.82 Å². The fraction of sp³-hybridized carbons (Fsp3) is 0.200. The van der Waals surface area contributed by atoms with Crippen molar-refractivity contribution in [2.24, 2.45) is 12.8 Å². The highest BCUT2D eigenvalue weighted by Gasteiger charge is 2.33. The number of benzene rings is 2. The molecule has 0 saturated carbocycles. The van der Waals surface area contributed by atoms with Crippen LogP contribution in [0.5, 0.6) is 0 Å². The van der Waals surface area contributed by atoms with Crippen LogP contribution in [-0.2, 0) is 13.6 Å². The number of halogens is 1. The van der Waals surface area contributed by atoms with Crippen LogP contribution in [0.3, 0.4) is 0 Å². The fourth-order valence-electron chi connectivity index (χ4n) is 3.54. The van der Waals surface area contributed by atoms with Gasteiger partial charge in [-0.3, -0.25) is 9.48 Å². The first-order valence-corrected chi connectivity index (χ1v) is 8.46. The zero-order valence-electron chi connectivity index (χ0n) is 14.4. The zero-order chi connectivity index (χ0) is 18.3. The Bertz CT molecular complexity index is 964. The molecule has 0 aliphatic carbocycles. The van der Waals surface area contributed by atoms with Gasteiger partial charge >= 0.3 is 0 Å². The van der Waals surface area contributed by atoms with E-state index in [0.29, 0.717) is 12.1 Å². The van der Waals surface area contributed by atoms with Crippen LogP contribution in [0.2, 0.25) is 0 Å². The first-order chi connectivity index (χ1) is 12.6. The van der Waals surface area contributed by atoms with E-state index < -0.39 is 0 Å². The topological polar surface area (TPSA) is 64.2 Å². The Balaban J connectivity index is 1.67. The Hall–Kier alpha value is -2.99. The van der Waals surface area contributed by atoms with Gasteiger partial charge in [-0.05, 0) is 41.5 Å². The maximum Gasteiger partial charge on any atom is 0.255 e. The monoisotopic (exact) mass is 350 g/mol. The van der Waals surface area contributed by atoms with Gasteiger partial charge in [-0.2, -0.15) is 5.10 Å². The number of aromatic nitrogens is 2. The quantitative estimate of drug-likeness (QED) is 0.787. The first kappa shape index (κ1) is 16.5. The van der Waals surface area contributed by atoms with Crippen LogP contribution in [-0.4, -0.2) is 27.1 Å². The second-order valence-corrected chi connectivity index (χ2v) is 6.45. The number of nitrogens with zero attached hydrogens (tertiary/aromatic N) is 3. The molecule has 0 spiro atoms. The van der Waals surface area contributed by atoms with Gasteiger partial charge in [0.1, 0.15) is 5.82 Å². The second kappa shape index (κ2) is 6.38. The summed E-state index contributed by atoms with van der Waals surface area (Å²) >= 11 is 0. The highest BCUT2D eigenvalue weighted by molar-refractivity contribution is 5.99. The highest BCUT2D eigenvalue weighted by Crippen LogP contribution is 2.33. The number of carbonyl (C=O) groups is 1. The van der Waals surface area contributed by atoms with Gasteiger partial charge in [-0.15, -0.1) is 0 Å². The molecule has 0 bridgehead atoms. The third-order valence-corrected chi connectivity index (χ3v) is 4.91. The predicted octanol–water partition coefficient (Wildman–Crippen LogP) is 2.88. The average molecular weight is 350 g/mol. The minimum Gasteiger partial charge on any atom is -0.328 e. The number of fused-ring (bicyclic) bond motifs is 1. The third kappa shape index (κ3) is 2.68. The van der Waals surface area contributed by atoms with Crippen molar-refractivity contribution < 1.29 is 9.18 Å². The van der Waals surface area contributed by atoms with Crippen molar-refractivity contribution in [3.8, 4) is 11.3 Å². The van der Waals surface area contributed by atoms with Crippen molar-refractivity contribution in [1.82, 2.24) is 14.7 Å². The Morgan fingerprint density at radius 1 is 1.19 bits per heavy atom. The number of amides is 1. The van der Waals surface area contributed by atoms with Crippen LogP contribution in [0.15, 0.2) is 54.7 Å². The van der Waals surface area contributed by atoms with Gasteiger partial charge < -0.3 is 10.6 Å². The SMILES string of the molecule is Cn1nccc1-c1ccc2c(c1)CN(C(CN)c1ccc(F)cc1)C2=O. The van der Waals surface area contributed by atoms with Crippen molar-refractivity contribution in [2.45, 2.75) is 12.6 Å². The summed E-state index contributed by atoms with van der Waals surface area (Å²) in [4.78, 5) is 14.6. The van der Waals surface area contributed by atoms with Gasteiger partial charge in [0, 0.05) is 37.5 Å². The van der Waals surface area contributed by atoms with Crippen molar-refractivity contribution in [3.63, 3.8) is 0 Å². The molecule has 1 amide bonds. The van der Waals surface area contributed by atoms with Crippen LogP contribution >= 0.6 is 0 Å². The number of hydrogen-bond donors (Lipinski definition) is 1. The summed E-state index contributed by atoms with van der Waals surface area (Å²) in [7, 11) is 1.89. The highest BCUT2D eigenvalue weighted by atomic mass is 19.1. The molecule has 2 heterocycles. The van der Waals surface area contributed by atoms with E-state index in [1.807, 2.05) is 31.3 Å². The molecule has 6 heteroatoms. The van der Waals surface area contributed by atoms with E-state index in [2.05, 4.69) is 5.10 Å². The number of hydrogen-bond acceptors (Lipinski definition) is 3. The molecule has 132 valence electrons. The molecule has 1 aliphatic heterocycles. The van der Waals surface area contributed by atoms with Gasteiger partial charge in [-0.1, -0.05) is 18.2 Å². The average Bonchev–Trinajstić information content (AvgIpc) is 3.21. The maximum absolute atomic E-state index is 13.2. The molecule has 1 aliphatic rings. The largest absolute Gasteiger partial charge is 0.328 e. The lowest BCUT2D eigenvalue weighted by Crippen LogP contribution is -2.34. The normalized spacial score (nSPS) is 14.6. The van der Waals surface area contributed by atoms with Gasteiger partial charge in [0.2, 0.25) is 0 Å². The molecule has 1 unspecified atom stereocenters. The third-order valence-electron chi connectivity index (χ3n) is 4.91. The van der Waals surface area contributed by atoms with E-state index in [1.54, 1.807) is 27.9 Å². The number of rotatable bonds is 4. The Labute approximate surface area is 150 Å². The Morgan fingerprint density at radius 3 is 2.62 bits per heavy atom. The molecule has 1 atom stereocenters. The van der Waals surface area contributed by atoms with E-state index in [1.165, 1.54) is 12.1 Å². The molecular weight excluding hydrogens is 331 g/mol. The van der Waals surface area contributed by atoms with E-state index in [4.69, 9.17) is 5.73 Å². The molecule has 4 rings (SSSR count). The Kier molecular flexibility index (Phi) is 4.05. The standard InChI is InChI=1S/C20H19FN4O/c1-24-18(8-9-23-24)14-4-7-17-15(10-14)12-25(20(17)26)19(11-22)13-2-5-16(21)6-3-13/h2-10,19H,11-12,22H2,1H3. The second-order valence-electron chi connectivity index (χ2n) is 6.45. The first-order valence-electron chi connectivity index (χ1n) is 8.46. The van der Waals surface area contributed by atoms with E-state index in [-0.39, 0.29) is 24.3 Å². The molecule has 3 aromatic rings. The molecular formula is C20H19FN4O. The van der Waals surface area contributed by atoms with Crippen molar-refractivity contribution >= 4 is 5.91 Å². The maximum atomic E-state index is 13.2.